The van der Waals surface area contributed by atoms with E-state index >= 15 is 0 Å². The van der Waals surface area contributed by atoms with Crippen LogP contribution in [0.4, 0.5) is 4.39 Å². The van der Waals surface area contributed by atoms with E-state index in [2.05, 4.69) is 18.2 Å². The molecular formula is C21H14FN. The Morgan fingerprint density at radius 3 is 2.22 bits per heavy atom. The summed E-state index contributed by atoms with van der Waals surface area (Å²) in [5, 5.41) is 1.10. The minimum absolute atomic E-state index is 0.251. The molecule has 0 saturated heterocycles. The minimum Gasteiger partial charge on any atom is -0.248 e. The Labute approximate surface area is 134 Å². The van der Waals surface area contributed by atoms with E-state index in [0.29, 0.717) is 0 Å². The summed E-state index contributed by atoms with van der Waals surface area (Å²) in [6.07, 6.45) is 0. The van der Waals surface area contributed by atoms with Gasteiger partial charge in [-0.2, -0.15) is 0 Å². The van der Waals surface area contributed by atoms with Crippen LogP contribution in [0.25, 0.3) is 33.3 Å². The molecule has 1 heterocycles. The van der Waals surface area contributed by atoms with Gasteiger partial charge in [0.05, 0.1) is 11.2 Å². The topological polar surface area (TPSA) is 12.9 Å². The first-order valence-electron chi connectivity index (χ1n) is 7.52. The molecule has 110 valence electrons. The molecule has 0 bridgehead atoms. The molecule has 0 N–H and O–H groups in total. The van der Waals surface area contributed by atoms with E-state index in [1.807, 2.05) is 48.5 Å². The van der Waals surface area contributed by atoms with Gasteiger partial charge in [-0.1, -0.05) is 60.7 Å². The molecule has 0 aliphatic carbocycles. The molecule has 1 aromatic heterocycles. The lowest BCUT2D eigenvalue weighted by Gasteiger charge is -2.10. The van der Waals surface area contributed by atoms with Crippen molar-refractivity contribution in [2.24, 2.45) is 0 Å². The van der Waals surface area contributed by atoms with Crippen molar-refractivity contribution in [1.29, 1.82) is 0 Å². The van der Waals surface area contributed by atoms with Gasteiger partial charge in [-0.3, -0.25) is 0 Å². The molecule has 23 heavy (non-hydrogen) atoms. The number of para-hydroxylation sites is 1. The first-order chi connectivity index (χ1) is 11.3. The predicted molar refractivity (Wildman–Crippen MR) is 92.6 cm³/mol. The number of benzene rings is 3. The maximum Gasteiger partial charge on any atom is 0.123 e. The third kappa shape index (κ3) is 2.59. The van der Waals surface area contributed by atoms with Crippen molar-refractivity contribution in [2.45, 2.75) is 0 Å². The van der Waals surface area contributed by atoms with Crippen molar-refractivity contribution in [3.05, 3.63) is 90.7 Å². The van der Waals surface area contributed by atoms with Gasteiger partial charge in [0.25, 0.3) is 0 Å². The molecule has 0 aliphatic heterocycles. The van der Waals surface area contributed by atoms with Crippen LogP contribution in [0.1, 0.15) is 0 Å². The van der Waals surface area contributed by atoms with E-state index in [1.165, 1.54) is 12.1 Å². The van der Waals surface area contributed by atoms with Gasteiger partial charge in [0, 0.05) is 10.9 Å². The predicted octanol–water partition coefficient (Wildman–Crippen LogP) is 5.71. The molecule has 0 fully saturated rings. The van der Waals surface area contributed by atoms with Gasteiger partial charge in [0.2, 0.25) is 0 Å². The smallest absolute Gasteiger partial charge is 0.123 e. The van der Waals surface area contributed by atoms with Crippen molar-refractivity contribution in [1.82, 2.24) is 4.98 Å². The second kappa shape index (κ2) is 5.65. The zero-order valence-corrected chi connectivity index (χ0v) is 12.4. The summed E-state index contributed by atoms with van der Waals surface area (Å²) in [7, 11) is 0. The normalized spacial score (nSPS) is 10.8. The van der Waals surface area contributed by atoms with E-state index < -0.39 is 0 Å². The maximum atomic E-state index is 13.6. The van der Waals surface area contributed by atoms with Gasteiger partial charge in [0.15, 0.2) is 0 Å². The monoisotopic (exact) mass is 299 g/mol. The van der Waals surface area contributed by atoms with Crippen LogP contribution in [-0.4, -0.2) is 4.98 Å². The van der Waals surface area contributed by atoms with E-state index in [0.717, 1.165) is 33.3 Å². The van der Waals surface area contributed by atoms with Crippen LogP contribution >= 0.6 is 0 Å². The van der Waals surface area contributed by atoms with E-state index in [-0.39, 0.29) is 5.82 Å². The molecule has 0 aliphatic rings. The lowest BCUT2D eigenvalue weighted by molar-refractivity contribution is 0.628. The molecule has 4 rings (SSSR count). The van der Waals surface area contributed by atoms with Crippen molar-refractivity contribution < 1.29 is 4.39 Å². The number of aromatic nitrogens is 1. The maximum absolute atomic E-state index is 13.6. The number of hydrogen-bond acceptors (Lipinski definition) is 1. The van der Waals surface area contributed by atoms with E-state index in [9.17, 15) is 4.39 Å². The molecule has 0 spiro atoms. The Morgan fingerprint density at radius 2 is 1.39 bits per heavy atom. The van der Waals surface area contributed by atoms with Crippen LogP contribution in [0, 0.1) is 5.82 Å². The summed E-state index contributed by atoms with van der Waals surface area (Å²) in [5.41, 5.74) is 4.71. The van der Waals surface area contributed by atoms with Crippen LogP contribution in [0.2, 0.25) is 0 Å². The molecule has 0 saturated carbocycles. The fourth-order valence-electron chi connectivity index (χ4n) is 2.83. The summed E-state index contributed by atoms with van der Waals surface area (Å²) in [6, 6.07) is 26.8. The standard InChI is InChI=1S/C21H14FN/c22-17-10-6-9-16(13-17)21-14-19(15-7-2-1-3-8-15)18-11-4-5-12-20(18)23-21/h1-14H. The van der Waals surface area contributed by atoms with Crippen LogP contribution in [-0.2, 0) is 0 Å². The van der Waals surface area contributed by atoms with Crippen LogP contribution < -0.4 is 0 Å². The number of rotatable bonds is 2. The second-order valence-electron chi connectivity index (χ2n) is 5.45. The highest BCUT2D eigenvalue weighted by Crippen LogP contribution is 2.31. The molecular weight excluding hydrogens is 285 g/mol. The molecule has 3 aromatic carbocycles. The van der Waals surface area contributed by atoms with Crippen molar-refractivity contribution in [2.75, 3.05) is 0 Å². The summed E-state index contributed by atoms with van der Waals surface area (Å²) in [4.78, 5) is 4.71. The molecule has 0 amide bonds. The number of fused-ring (bicyclic) bond motifs is 1. The van der Waals surface area contributed by atoms with Gasteiger partial charge in [-0.05, 0) is 35.4 Å². The molecule has 1 nitrogen and oxygen atoms in total. The number of hydrogen-bond donors (Lipinski definition) is 0. The molecule has 0 radical (unpaired) electrons. The van der Waals surface area contributed by atoms with Crippen molar-refractivity contribution >= 4 is 10.9 Å². The van der Waals surface area contributed by atoms with E-state index in [4.69, 9.17) is 4.98 Å². The fraction of sp³-hybridized carbons (Fsp3) is 0. The molecule has 0 atom stereocenters. The Hall–Kier alpha value is -3.00. The lowest BCUT2D eigenvalue weighted by Crippen LogP contribution is -1.90. The Balaban J connectivity index is 2.01. The van der Waals surface area contributed by atoms with Gasteiger partial charge in [-0.15, -0.1) is 0 Å². The Kier molecular flexibility index (Phi) is 3.35. The Morgan fingerprint density at radius 1 is 0.652 bits per heavy atom. The highest BCUT2D eigenvalue weighted by molar-refractivity contribution is 5.96. The molecule has 2 heteroatoms. The average Bonchev–Trinajstić information content (AvgIpc) is 2.61. The SMILES string of the molecule is Fc1cccc(-c2cc(-c3ccccc3)c3ccccc3n2)c1. The van der Waals surface area contributed by atoms with Crippen LogP contribution in [0.3, 0.4) is 0 Å². The molecule has 4 aromatic rings. The van der Waals surface area contributed by atoms with Crippen LogP contribution in [0.5, 0.6) is 0 Å². The van der Waals surface area contributed by atoms with Gasteiger partial charge in [-0.25, -0.2) is 9.37 Å². The zero-order valence-electron chi connectivity index (χ0n) is 12.4. The first kappa shape index (κ1) is 13.6. The third-order valence-electron chi connectivity index (χ3n) is 3.92. The third-order valence-corrected chi connectivity index (χ3v) is 3.92. The average molecular weight is 299 g/mol. The number of pyridine rings is 1. The zero-order chi connectivity index (χ0) is 15.6. The highest BCUT2D eigenvalue weighted by Gasteiger charge is 2.09. The summed E-state index contributed by atoms with van der Waals surface area (Å²) in [6.45, 7) is 0. The summed E-state index contributed by atoms with van der Waals surface area (Å²) >= 11 is 0. The second-order valence-corrected chi connectivity index (χ2v) is 5.45. The first-order valence-corrected chi connectivity index (χ1v) is 7.52. The van der Waals surface area contributed by atoms with Crippen LogP contribution in [0.15, 0.2) is 84.9 Å². The Bertz CT molecular complexity index is 977. The lowest BCUT2D eigenvalue weighted by atomic mass is 9.98. The summed E-state index contributed by atoms with van der Waals surface area (Å²) in [5.74, 6) is -0.251. The quantitative estimate of drug-likeness (QED) is 0.462. The van der Waals surface area contributed by atoms with Gasteiger partial charge in [0.1, 0.15) is 5.82 Å². The number of nitrogens with zero attached hydrogens (tertiary/aromatic N) is 1. The highest BCUT2D eigenvalue weighted by atomic mass is 19.1. The summed E-state index contributed by atoms with van der Waals surface area (Å²) < 4.78 is 13.6. The largest absolute Gasteiger partial charge is 0.248 e. The van der Waals surface area contributed by atoms with Gasteiger partial charge >= 0.3 is 0 Å². The molecule has 0 unspecified atom stereocenters. The van der Waals surface area contributed by atoms with E-state index in [1.54, 1.807) is 6.07 Å². The van der Waals surface area contributed by atoms with Crippen molar-refractivity contribution in [3.8, 4) is 22.4 Å². The number of halogens is 1. The minimum atomic E-state index is -0.251. The van der Waals surface area contributed by atoms with Crippen molar-refractivity contribution in [3.63, 3.8) is 0 Å². The fourth-order valence-corrected chi connectivity index (χ4v) is 2.83. The van der Waals surface area contributed by atoms with Gasteiger partial charge < -0.3 is 0 Å².